The lowest BCUT2D eigenvalue weighted by atomic mass is 10.2. The average molecular weight is 357 g/mol. The maximum Gasteiger partial charge on any atom is 0.261 e. The van der Waals surface area contributed by atoms with E-state index in [4.69, 9.17) is 14.2 Å². The van der Waals surface area contributed by atoms with Crippen molar-refractivity contribution >= 4 is 5.91 Å². The number of aryl methyl sites for hydroxylation is 1. The van der Waals surface area contributed by atoms with Gasteiger partial charge in [-0.05, 0) is 56.2 Å². The first kappa shape index (κ1) is 19.6. The summed E-state index contributed by atoms with van der Waals surface area (Å²) in [4.78, 5) is 12.5. The van der Waals surface area contributed by atoms with Crippen LogP contribution in [0.4, 0.5) is 0 Å². The molecule has 0 fully saturated rings. The highest BCUT2D eigenvalue weighted by Gasteiger charge is 2.20. The van der Waals surface area contributed by atoms with Crippen molar-refractivity contribution in [2.45, 2.75) is 39.3 Å². The Kier molecular flexibility index (Phi) is 7.33. The Morgan fingerprint density at radius 1 is 1.08 bits per heavy atom. The molecule has 0 aliphatic rings. The van der Waals surface area contributed by atoms with E-state index in [0.717, 1.165) is 17.1 Å². The van der Waals surface area contributed by atoms with E-state index < -0.39 is 6.10 Å². The van der Waals surface area contributed by atoms with Gasteiger partial charge in [-0.2, -0.15) is 0 Å². The zero-order valence-electron chi connectivity index (χ0n) is 15.8. The van der Waals surface area contributed by atoms with Crippen LogP contribution in [0, 0.1) is 6.92 Å². The van der Waals surface area contributed by atoms with Crippen molar-refractivity contribution in [2.75, 3.05) is 13.7 Å². The highest BCUT2D eigenvalue weighted by Crippen LogP contribution is 2.19. The minimum Gasteiger partial charge on any atom is -0.497 e. The molecule has 26 heavy (non-hydrogen) atoms. The van der Waals surface area contributed by atoms with Gasteiger partial charge >= 0.3 is 0 Å². The summed E-state index contributed by atoms with van der Waals surface area (Å²) in [5.41, 5.74) is 1.07. The van der Waals surface area contributed by atoms with Crippen LogP contribution in [0.15, 0.2) is 48.5 Å². The molecular formula is C21H27NO4. The number of rotatable bonds is 9. The van der Waals surface area contributed by atoms with Crippen LogP contribution in [0.5, 0.6) is 17.2 Å². The van der Waals surface area contributed by atoms with E-state index in [1.165, 1.54) is 0 Å². The summed E-state index contributed by atoms with van der Waals surface area (Å²) in [5, 5.41) is 2.95. The topological polar surface area (TPSA) is 56.8 Å². The van der Waals surface area contributed by atoms with E-state index in [1.54, 1.807) is 31.4 Å². The summed E-state index contributed by atoms with van der Waals surface area (Å²) in [7, 11) is 1.61. The number of carbonyl (C=O) groups is 1. The smallest absolute Gasteiger partial charge is 0.261 e. The van der Waals surface area contributed by atoms with Crippen LogP contribution in [0.25, 0.3) is 0 Å². The van der Waals surface area contributed by atoms with Crippen molar-refractivity contribution in [1.29, 1.82) is 0 Å². The van der Waals surface area contributed by atoms with Gasteiger partial charge in [0.25, 0.3) is 5.91 Å². The van der Waals surface area contributed by atoms with E-state index in [0.29, 0.717) is 18.8 Å². The molecule has 5 heteroatoms. The third-order valence-corrected chi connectivity index (χ3v) is 3.97. The van der Waals surface area contributed by atoms with Gasteiger partial charge in [0, 0.05) is 0 Å². The van der Waals surface area contributed by atoms with Crippen molar-refractivity contribution in [3.05, 3.63) is 54.1 Å². The predicted octanol–water partition coefficient (Wildman–Crippen LogP) is 3.74. The Morgan fingerprint density at radius 3 is 2.35 bits per heavy atom. The second-order valence-electron chi connectivity index (χ2n) is 6.18. The molecule has 0 aliphatic carbocycles. The summed E-state index contributed by atoms with van der Waals surface area (Å²) < 4.78 is 16.7. The molecule has 0 bridgehead atoms. The Balaban J connectivity index is 1.85. The fourth-order valence-electron chi connectivity index (χ4n) is 2.45. The third kappa shape index (κ3) is 5.69. The molecule has 0 aliphatic heterocycles. The van der Waals surface area contributed by atoms with Crippen LogP contribution < -0.4 is 19.5 Å². The number of ether oxygens (including phenoxy) is 3. The fourth-order valence-corrected chi connectivity index (χ4v) is 2.45. The van der Waals surface area contributed by atoms with E-state index in [1.807, 2.05) is 45.0 Å². The molecule has 1 N–H and O–H groups in total. The van der Waals surface area contributed by atoms with Crippen LogP contribution in [-0.2, 0) is 4.79 Å². The highest BCUT2D eigenvalue weighted by atomic mass is 16.5. The lowest BCUT2D eigenvalue weighted by molar-refractivity contribution is -0.128. The van der Waals surface area contributed by atoms with E-state index in [9.17, 15) is 4.79 Å². The van der Waals surface area contributed by atoms with Gasteiger partial charge in [-0.3, -0.25) is 4.79 Å². The number of hydrogen-bond acceptors (Lipinski definition) is 4. The molecule has 0 radical (unpaired) electrons. The van der Waals surface area contributed by atoms with Crippen molar-refractivity contribution in [2.24, 2.45) is 0 Å². The lowest BCUT2D eigenvalue weighted by Crippen LogP contribution is -2.44. The largest absolute Gasteiger partial charge is 0.497 e. The summed E-state index contributed by atoms with van der Waals surface area (Å²) >= 11 is 0. The minimum absolute atomic E-state index is 0.129. The maximum atomic E-state index is 12.5. The number of amides is 1. The number of para-hydroxylation sites is 1. The molecule has 1 amide bonds. The molecule has 0 saturated carbocycles. The molecule has 2 aromatic carbocycles. The van der Waals surface area contributed by atoms with Gasteiger partial charge in [0.2, 0.25) is 0 Å². The molecule has 0 heterocycles. The molecule has 2 rings (SSSR count). The van der Waals surface area contributed by atoms with Gasteiger partial charge in [0.15, 0.2) is 6.10 Å². The second kappa shape index (κ2) is 9.70. The van der Waals surface area contributed by atoms with Gasteiger partial charge in [-0.1, -0.05) is 25.1 Å². The van der Waals surface area contributed by atoms with Gasteiger partial charge in [-0.25, -0.2) is 0 Å². The summed E-state index contributed by atoms with van der Waals surface area (Å²) in [6.45, 7) is 6.22. The number of benzene rings is 2. The van der Waals surface area contributed by atoms with Crippen molar-refractivity contribution in [3.8, 4) is 17.2 Å². The van der Waals surface area contributed by atoms with Crippen molar-refractivity contribution in [1.82, 2.24) is 5.32 Å². The average Bonchev–Trinajstić information content (AvgIpc) is 2.65. The third-order valence-electron chi connectivity index (χ3n) is 3.97. The monoisotopic (exact) mass is 357 g/mol. The maximum absolute atomic E-state index is 12.5. The summed E-state index contributed by atoms with van der Waals surface area (Å²) in [5.74, 6) is 2.06. The molecule has 0 aromatic heterocycles. The first-order chi connectivity index (χ1) is 12.5. The van der Waals surface area contributed by atoms with Gasteiger partial charge in [0.05, 0.1) is 13.2 Å². The van der Waals surface area contributed by atoms with Crippen LogP contribution in [0.3, 0.4) is 0 Å². The minimum atomic E-state index is -0.552. The zero-order chi connectivity index (χ0) is 18.9. The predicted molar refractivity (Wildman–Crippen MR) is 102 cm³/mol. The lowest BCUT2D eigenvalue weighted by Gasteiger charge is -2.21. The Bertz CT molecular complexity index is 699. The van der Waals surface area contributed by atoms with Crippen LogP contribution in [-0.4, -0.2) is 31.8 Å². The molecule has 140 valence electrons. The Hall–Kier alpha value is -2.69. The van der Waals surface area contributed by atoms with Gasteiger partial charge in [-0.15, -0.1) is 0 Å². The van der Waals surface area contributed by atoms with E-state index in [2.05, 4.69) is 5.32 Å². The first-order valence-electron chi connectivity index (χ1n) is 8.83. The first-order valence-corrected chi connectivity index (χ1v) is 8.83. The molecule has 2 atom stereocenters. The number of carbonyl (C=O) groups excluding carboxylic acids is 1. The van der Waals surface area contributed by atoms with Gasteiger partial charge in [0.1, 0.15) is 23.9 Å². The number of hydrogen-bond donors (Lipinski definition) is 1. The summed E-state index contributed by atoms with van der Waals surface area (Å²) in [6.07, 6.45) is 0.0211. The zero-order valence-corrected chi connectivity index (χ0v) is 15.8. The number of nitrogens with one attached hydrogen (secondary N) is 1. The molecule has 2 aromatic rings. The standard InChI is InChI=1S/C21H27NO4/c1-5-19(26-18-12-10-17(24-4)11-13-18)21(23)22-16(3)14-25-20-9-7-6-8-15(20)2/h6-13,16,19H,5,14H2,1-4H3,(H,22,23)/t16-,19-/m1/s1. The molecular weight excluding hydrogens is 330 g/mol. The molecule has 0 unspecified atom stereocenters. The summed E-state index contributed by atoms with van der Waals surface area (Å²) in [6, 6.07) is 14.9. The van der Waals surface area contributed by atoms with Crippen LogP contribution >= 0.6 is 0 Å². The van der Waals surface area contributed by atoms with Crippen molar-refractivity contribution < 1.29 is 19.0 Å². The van der Waals surface area contributed by atoms with Crippen LogP contribution in [0.2, 0.25) is 0 Å². The highest BCUT2D eigenvalue weighted by molar-refractivity contribution is 5.81. The fraction of sp³-hybridized carbons (Fsp3) is 0.381. The quantitative estimate of drug-likeness (QED) is 0.743. The van der Waals surface area contributed by atoms with E-state index in [-0.39, 0.29) is 11.9 Å². The van der Waals surface area contributed by atoms with Crippen molar-refractivity contribution in [3.63, 3.8) is 0 Å². The molecule has 0 spiro atoms. The molecule has 5 nitrogen and oxygen atoms in total. The Labute approximate surface area is 155 Å². The SMILES string of the molecule is CC[C@@H](Oc1ccc(OC)cc1)C(=O)N[C@H](C)COc1ccccc1C. The second-order valence-corrected chi connectivity index (χ2v) is 6.18. The Morgan fingerprint density at radius 2 is 1.73 bits per heavy atom. The van der Waals surface area contributed by atoms with Crippen LogP contribution in [0.1, 0.15) is 25.8 Å². The van der Waals surface area contributed by atoms with E-state index >= 15 is 0 Å². The molecule has 0 saturated heterocycles. The number of methoxy groups -OCH3 is 1. The van der Waals surface area contributed by atoms with Gasteiger partial charge < -0.3 is 19.5 Å². The normalized spacial score (nSPS) is 12.8.